The van der Waals surface area contributed by atoms with Gasteiger partial charge < -0.3 is 29.7 Å². The molecule has 1 amide bonds. The summed E-state index contributed by atoms with van der Waals surface area (Å²) in [6.45, 7) is 5.48. The van der Waals surface area contributed by atoms with Crippen LogP contribution >= 0.6 is 0 Å². The summed E-state index contributed by atoms with van der Waals surface area (Å²) in [6, 6.07) is 3.94. The van der Waals surface area contributed by atoms with E-state index in [9.17, 15) is 23.1 Å². The number of aromatic nitrogens is 1. The Kier molecular flexibility index (Phi) is 6.96. The van der Waals surface area contributed by atoms with E-state index in [1.54, 1.807) is 27.0 Å². The predicted molar refractivity (Wildman–Crippen MR) is 130 cm³/mol. The fraction of sp³-hybridized carbons (Fsp3) is 0.769. The third kappa shape index (κ3) is 4.84. The molecule has 1 aromatic heterocycles. The summed E-state index contributed by atoms with van der Waals surface area (Å²) in [5, 5.41) is 15.0. The number of aliphatic hydroxyl groups is 1. The van der Waals surface area contributed by atoms with Gasteiger partial charge in [0.15, 0.2) is 0 Å². The van der Waals surface area contributed by atoms with Crippen LogP contribution in [0.4, 0.5) is 19.0 Å². The van der Waals surface area contributed by atoms with Crippen molar-refractivity contribution < 1.29 is 32.5 Å². The largest absolute Gasteiger partial charge is 0.433 e. The van der Waals surface area contributed by atoms with E-state index in [4.69, 9.17) is 9.47 Å². The van der Waals surface area contributed by atoms with Gasteiger partial charge in [-0.1, -0.05) is 6.07 Å². The third-order valence-corrected chi connectivity index (χ3v) is 8.97. The Morgan fingerprint density at radius 1 is 1.24 bits per heavy atom. The monoisotopic (exact) mass is 526 g/mol. The van der Waals surface area contributed by atoms with Crippen LogP contribution in [0.15, 0.2) is 18.2 Å². The molecule has 4 aliphatic rings. The summed E-state index contributed by atoms with van der Waals surface area (Å²) in [7, 11) is 1.67. The zero-order chi connectivity index (χ0) is 26.6. The SMILES string of the molecule is CO[C@@H]1COCC[C@@H]1N[C@@H]1CC[C@@](C(=O)N2C[C@@H]3C[C@H]2CN3c2cccc(C(F)(F)F)n2)(C(C)(C)O)C1. The molecule has 0 aromatic carbocycles. The number of amides is 1. The Hall–Kier alpha value is -1.95. The number of carbonyl (C=O) groups excluding carboxylic acids is 1. The first-order chi connectivity index (χ1) is 17.4. The lowest BCUT2D eigenvalue weighted by Crippen LogP contribution is -2.59. The van der Waals surface area contributed by atoms with Crippen LogP contribution in [0.1, 0.15) is 51.6 Å². The predicted octanol–water partition coefficient (Wildman–Crippen LogP) is 2.59. The minimum absolute atomic E-state index is 0.0497. The van der Waals surface area contributed by atoms with Crippen molar-refractivity contribution in [2.45, 2.75) is 88.0 Å². The number of hydrogen-bond acceptors (Lipinski definition) is 7. The number of likely N-dealkylation sites (tertiary alicyclic amines) is 1. The maximum Gasteiger partial charge on any atom is 0.433 e. The van der Waals surface area contributed by atoms with Crippen molar-refractivity contribution in [3.63, 3.8) is 0 Å². The van der Waals surface area contributed by atoms with Gasteiger partial charge in [0.25, 0.3) is 0 Å². The number of rotatable bonds is 6. The third-order valence-electron chi connectivity index (χ3n) is 8.97. The number of hydrogen-bond donors (Lipinski definition) is 2. The summed E-state index contributed by atoms with van der Waals surface area (Å²) < 4.78 is 50.7. The molecule has 3 saturated heterocycles. The van der Waals surface area contributed by atoms with E-state index >= 15 is 0 Å². The number of pyridine rings is 1. The van der Waals surface area contributed by atoms with Crippen molar-refractivity contribution in [2.24, 2.45) is 5.41 Å². The molecule has 206 valence electrons. The van der Waals surface area contributed by atoms with Crippen molar-refractivity contribution in [3.05, 3.63) is 23.9 Å². The van der Waals surface area contributed by atoms with Gasteiger partial charge in [0.05, 0.1) is 35.8 Å². The molecular formula is C26H37F3N4O4. The lowest BCUT2D eigenvalue weighted by atomic mass is 9.70. The standard InChI is InChI=1S/C26H37F3N4O4/c1-24(2,35)25(9-7-16(12-25)30-19-8-10-37-15-20(19)36-3)23(34)33-14-17-11-18(33)13-32(17)22-6-4-5-21(31-22)26(27,28)29/h4-6,16-20,30,35H,7-15H2,1-3H3/t16-,17+,18+,19+,20-,25-/m1/s1. The van der Waals surface area contributed by atoms with Gasteiger partial charge in [-0.05, 0) is 58.1 Å². The van der Waals surface area contributed by atoms with Gasteiger partial charge in [-0.2, -0.15) is 13.2 Å². The average molecular weight is 527 g/mol. The molecule has 5 rings (SSSR count). The van der Waals surface area contributed by atoms with Gasteiger partial charge >= 0.3 is 6.18 Å². The van der Waals surface area contributed by atoms with Crippen LogP contribution < -0.4 is 10.2 Å². The van der Waals surface area contributed by atoms with Gasteiger partial charge in [-0.15, -0.1) is 0 Å². The fourth-order valence-corrected chi connectivity index (χ4v) is 6.85. The van der Waals surface area contributed by atoms with E-state index in [0.717, 1.165) is 18.9 Å². The van der Waals surface area contributed by atoms with Crippen molar-refractivity contribution in [1.29, 1.82) is 0 Å². The Bertz CT molecular complexity index is 1000. The van der Waals surface area contributed by atoms with E-state index in [0.29, 0.717) is 51.4 Å². The molecule has 2 N–H and O–H groups in total. The second-order valence-electron chi connectivity index (χ2n) is 11.5. The summed E-state index contributed by atoms with van der Waals surface area (Å²) in [5.74, 6) is 0.240. The number of piperazine rings is 1. The number of carbonyl (C=O) groups is 1. The zero-order valence-electron chi connectivity index (χ0n) is 21.6. The summed E-state index contributed by atoms with van der Waals surface area (Å²) in [4.78, 5) is 21.7. The van der Waals surface area contributed by atoms with Crippen LogP contribution in [-0.4, -0.2) is 90.2 Å². The maximum atomic E-state index is 14.1. The first-order valence-corrected chi connectivity index (χ1v) is 13.1. The molecular weight excluding hydrogens is 489 g/mol. The smallest absolute Gasteiger partial charge is 0.389 e. The molecule has 8 nitrogen and oxygen atoms in total. The van der Waals surface area contributed by atoms with Crippen molar-refractivity contribution in [1.82, 2.24) is 15.2 Å². The molecule has 6 atom stereocenters. The van der Waals surface area contributed by atoms with Gasteiger partial charge in [0.1, 0.15) is 11.5 Å². The Morgan fingerprint density at radius 3 is 2.68 bits per heavy atom. The maximum absolute atomic E-state index is 14.1. The van der Waals surface area contributed by atoms with Crippen LogP contribution in [-0.2, 0) is 20.4 Å². The minimum atomic E-state index is -4.50. The lowest BCUT2D eigenvalue weighted by Gasteiger charge is -2.45. The van der Waals surface area contributed by atoms with E-state index in [2.05, 4.69) is 10.3 Å². The normalized spacial score (nSPS) is 34.4. The number of halogens is 3. The van der Waals surface area contributed by atoms with Crippen LogP contribution in [0.2, 0.25) is 0 Å². The van der Waals surface area contributed by atoms with E-state index in [1.807, 2.05) is 9.80 Å². The number of anilines is 1. The van der Waals surface area contributed by atoms with Crippen LogP contribution in [0.3, 0.4) is 0 Å². The molecule has 11 heteroatoms. The molecule has 1 aliphatic carbocycles. The van der Waals surface area contributed by atoms with Crippen molar-refractivity contribution in [2.75, 3.05) is 38.3 Å². The minimum Gasteiger partial charge on any atom is -0.389 e. The molecule has 1 saturated carbocycles. The Morgan fingerprint density at radius 2 is 2.03 bits per heavy atom. The number of fused-ring (bicyclic) bond motifs is 2. The number of methoxy groups -OCH3 is 1. The highest BCUT2D eigenvalue weighted by Crippen LogP contribution is 2.50. The summed E-state index contributed by atoms with van der Waals surface area (Å²) >= 11 is 0. The average Bonchev–Trinajstić information content (AvgIpc) is 3.58. The topological polar surface area (TPSA) is 87.2 Å². The van der Waals surface area contributed by atoms with Gasteiger partial charge in [-0.25, -0.2) is 4.98 Å². The Labute approximate surface area is 215 Å². The quantitative estimate of drug-likeness (QED) is 0.589. The van der Waals surface area contributed by atoms with Gasteiger partial charge in [0, 0.05) is 38.9 Å². The molecule has 2 bridgehead atoms. The molecule has 0 spiro atoms. The second-order valence-corrected chi connectivity index (χ2v) is 11.5. The molecule has 0 unspecified atom stereocenters. The lowest BCUT2D eigenvalue weighted by molar-refractivity contribution is -0.159. The number of alkyl halides is 3. The Balaban J connectivity index is 1.29. The number of nitrogens with one attached hydrogen (secondary N) is 1. The summed E-state index contributed by atoms with van der Waals surface area (Å²) in [5.41, 5.74) is -3.06. The van der Waals surface area contributed by atoms with Crippen molar-refractivity contribution in [3.8, 4) is 0 Å². The highest BCUT2D eigenvalue weighted by molar-refractivity contribution is 5.85. The number of ether oxygens (including phenoxy) is 2. The van der Waals surface area contributed by atoms with Crippen LogP contribution in [0, 0.1) is 5.41 Å². The van der Waals surface area contributed by atoms with Crippen LogP contribution in [0.25, 0.3) is 0 Å². The van der Waals surface area contributed by atoms with E-state index < -0.39 is 22.9 Å². The number of nitrogens with zero attached hydrogens (tertiary/aromatic N) is 3. The second kappa shape index (κ2) is 9.66. The van der Waals surface area contributed by atoms with E-state index in [1.165, 1.54) is 6.07 Å². The van der Waals surface area contributed by atoms with Crippen LogP contribution in [0.5, 0.6) is 0 Å². The molecule has 1 aromatic rings. The molecule has 4 heterocycles. The van der Waals surface area contributed by atoms with Gasteiger partial charge in [-0.3, -0.25) is 4.79 Å². The fourth-order valence-electron chi connectivity index (χ4n) is 6.85. The van der Waals surface area contributed by atoms with E-state index in [-0.39, 0.29) is 36.2 Å². The molecule has 4 fully saturated rings. The first-order valence-electron chi connectivity index (χ1n) is 13.1. The molecule has 37 heavy (non-hydrogen) atoms. The summed E-state index contributed by atoms with van der Waals surface area (Å²) in [6.07, 6.45) is -1.18. The van der Waals surface area contributed by atoms with Gasteiger partial charge in [0.2, 0.25) is 5.91 Å². The highest BCUT2D eigenvalue weighted by atomic mass is 19.4. The van der Waals surface area contributed by atoms with Crippen molar-refractivity contribution >= 4 is 11.7 Å². The highest BCUT2D eigenvalue weighted by Gasteiger charge is 2.59. The molecule has 0 radical (unpaired) electrons. The first kappa shape index (κ1) is 26.6. The molecule has 3 aliphatic heterocycles. The zero-order valence-corrected chi connectivity index (χ0v) is 21.6.